The minimum atomic E-state index is -2.64. The van der Waals surface area contributed by atoms with Crippen molar-refractivity contribution in [3.05, 3.63) is 53.7 Å². The highest BCUT2D eigenvalue weighted by Gasteiger charge is 2.47. The number of aliphatic hydroxyl groups is 5. The van der Waals surface area contributed by atoms with E-state index in [9.17, 15) is 25.5 Å². The van der Waals surface area contributed by atoms with Crippen LogP contribution in [0.5, 0.6) is 11.5 Å². The zero-order chi connectivity index (χ0) is 28.7. The summed E-state index contributed by atoms with van der Waals surface area (Å²) in [5.74, 6) is -2.54. The summed E-state index contributed by atoms with van der Waals surface area (Å²) in [5.41, 5.74) is -0.124. The summed E-state index contributed by atoms with van der Waals surface area (Å²) in [6.45, 7) is 1.42. The number of para-hydroxylation sites is 1. The molecule has 2 heterocycles. The van der Waals surface area contributed by atoms with Gasteiger partial charge in [0.05, 0.1) is 35.7 Å². The molecule has 4 aromatic rings. The number of hydrogen-bond acceptors (Lipinski definition) is 13. The summed E-state index contributed by atoms with van der Waals surface area (Å²) in [5, 5.41) is 59.8. The van der Waals surface area contributed by atoms with Crippen molar-refractivity contribution in [3.63, 3.8) is 0 Å². The molecule has 13 heteroatoms. The van der Waals surface area contributed by atoms with E-state index in [2.05, 4.69) is 20.6 Å². The first kappa shape index (κ1) is 28.0. The Bertz CT molecular complexity index is 1480. The van der Waals surface area contributed by atoms with Crippen LogP contribution in [0.2, 0.25) is 0 Å². The predicted molar refractivity (Wildman–Crippen MR) is 149 cm³/mol. The van der Waals surface area contributed by atoms with E-state index in [-0.39, 0.29) is 30.4 Å². The molecule has 0 amide bonds. The second-order valence-corrected chi connectivity index (χ2v) is 10.7. The Kier molecular flexibility index (Phi) is 7.52. The third kappa shape index (κ3) is 5.27. The Labute approximate surface area is 233 Å². The van der Waals surface area contributed by atoms with Crippen LogP contribution in [0, 0.1) is 12.8 Å². The summed E-state index contributed by atoms with van der Waals surface area (Å²) < 4.78 is 11.4. The first-order chi connectivity index (χ1) is 19.1. The minimum absolute atomic E-state index is 0.00495. The van der Waals surface area contributed by atoms with Crippen LogP contribution >= 0.6 is 11.3 Å². The highest BCUT2D eigenvalue weighted by molar-refractivity contribution is 7.21. The molecule has 1 fully saturated rings. The Morgan fingerprint density at radius 2 is 1.77 bits per heavy atom. The zero-order valence-corrected chi connectivity index (χ0v) is 22.9. The van der Waals surface area contributed by atoms with Crippen LogP contribution in [-0.4, -0.2) is 73.1 Å². The lowest BCUT2D eigenvalue weighted by molar-refractivity contribution is -0.144. The molecule has 40 heavy (non-hydrogen) atoms. The number of hydrogen-bond donors (Lipinski definition) is 7. The van der Waals surface area contributed by atoms with Gasteiger partial charge in [-0.2, -0.15) is 4.98 Å². The zero-order valence-electron chi connectivity index (χ0n) is 22.1. The molecular formula is C27H31N5O7S. The van der Waals surface area contributed by atoms with Crippen molar-refractivity contribution in [2.75, 3.05) is 31.5 Å². The third-order valence-corrected chi connectivity index (χ3v) is 8.09. The fourth-order valence-corrected chi connectivity index (χ4v) is 5.89. The summed E-state index contributed by atoms with van der Waals surface area (Å²) in [7, 11) is 2.88. The van der Waals surface area contributed by atoms with Gasteiger partial charge in [-0.1, -0.05) is 12.1 Å². The van der Waals surface area contributed by atoms with Gasteiger partial charge in [-0.05, 0) is 44.0 Å². The maximum atomic E-state index is 11.3. The van der Waals surface area contributed by atoms with Crippen LogP contribution in [-0.2, 0) is 5.91 Å². The van der Waals surface area contributed by atoms with Crippen LogP contribution in [0.4, 0.5) is 11.8 Å². The van der Waals surface area contributed by atoms with Gasteiger partial charge in [0, 0.05) is 24.2 Å². The molecule has 0 aliphatic heterocycles. The molecule has 0 saturated heterocycles. The van der Waals surface area contributed by atoms with Crippen LogP contribution < -0.4 is 20.1 Å². The van der Waals surface area contributed by atoms with E-state index in [0.29, 0.717) is 34.2 Å². The molecule has 7 N–H and O–H groups in total. The highest BCUT2D eigenvalue weighted by Crippen LogP contribution is 2.41. The molecular weight excluding hydrogens is 538 g/mol. The number of aliphatic hydroxyl groups excluding tert-OH is 2. The van der Waals surface area contributed by atoms with Gasteiger partial charge in [-0.15, -0.1) is 11.3 Å². The van der Waals surface area contributed by atoms with Gasteiger partial charge in [0.2, 0.25) is 5.95 Å². The monoisotopic (exact) mass is 569 g/mol. The molecule has 212 valence electrons. The third-order valence-electron chi connectivity index (χ3n) is 7.04. The molecule has 5 rings (SSSR count). The van der Waals surface area contributed by atoms with Crippen molar-refractivity contribution in [2.24, 2.45) is 5.92 Å². The molecule has 0 bridgehead atoms. The van der Waals surface area contributed by atoms with Crippen LogP contribution in [0.1, 0.15) is 24.1 Å². The van der Waals surface area contributed by atoms with E-state index >= 15 is 0 Å². The van der Waals surface area contributed by atoms with E-state index in [1.54, 1.807) is 13.0 Å². The van der Waals surface area contributed by atoms with Crippen molar-refractivity contribution < 1.29 is 35.0 Å². The summed E-state index contributed by atoms with van der Waals surface area (Å²) in [4.78, 5) is 13.7. The number of thiazole rings is 1. The lowest BCUT2D eigenvalue weighted by Crippen LogP contribution is -2.48. The fourth-order valence-electron chi connectivity index (χ4n) is 4.82. The number of rotatable bonds is 9. The quantitative estimate of drug-likeness (QED) is 0.146. The van der Waals surface area contributed by atoms with Crippen molar-refractivity contribution in [3.8, 4) is 22.1 Å². The average Bonchev–Trinajstić information content (AvgIpc) is 3.47. The second-order valence-electron chi connectivity index (χ2n) is 9.72. The number of benzene rings is 2. The van der Waals surface area contributed by atoms with Gasteiger partial charge in [-0.25, -0.2) is 9.97 Å². The number of nitrogens with zero attached hydrogens (tertiary/aromatic N) is 3. The normalized spacial score (nSPS) is 21.0. The molecule has 2 aromatic carbocycles. The maximum Gasteiger partial charge on any atom is 0.275 e. The lowest BCUT2D eigenvalue weighted by atomic mass is 10.0. The smallest absolute Gasteiger partial charge is 0.275 e. The molecule has 2 aromatic heterocycles. The summed E-state index contributed by atoms with van der Waals surface area (Å²) >= 11 is 1.40. The van der Waals surface area contributed by atoms with Crippen LogP contribution in [0.15, 0.2) is 42.5 Å². The largest absolute Gasteiger partial charge is 0.497 e. The Morgan fingerprint density at radius 1 is 1.07 bits per heavy atom. The number of methoxy groups -OCH3 is 2. The van der Waals surface area contributed by atoms with Crippen molar-refractivity contribution in [2.45, 2.75) is 37.5 Å². The van der Waals surface area contributed by atoms with Gasteiger partial charge in [0.1, 0.15) is 28.4 Å². The first-order valence-corrected chi connectivity index (χ1v) is 13.4. The van der Waals surface area contributed by atoms with E-state index in [0.717, 1.165) is 10.2 Å². The van der Waals surface area contributed by atoms with E-state index in [1.165, 1.54) is 37.7 Å². The molecule has 0 spiro atoms. The number of aryl methyl sites for hydroxylation is 1. The van der Waals surface area contributed by atoms with E-state index in [4.69, 9.17) is 14.5 Å². The van der Waals surface area contributed by atoms with Crippen molar-refractivity contribution >= 4 is 33.3 Å². The SMILES string of the molecule is COc1cc(OC)cc(C(O)(O)Nc2nc(C)c(-c3nc4ccccc4s3)c(NC3(O)CCC(CO)C3O)n2)c1. The van der Waals surface area contributed by atoms with Crippen LogP contribution in [0.25, 0.3) is 20.8 Å². The Morgan fingerprint density at radius 3 is 2.40 bits per heavy atom. The molecule has 12 nitrogen and oxygen atoms in total. The topological polar surface area (TPSA) is 182 Å². The predicted octanol–water partition coefficient (Wildman–Crippen LogP) is 2.15. The van der Waals surface area contributed by atoms with Gasteiger partial charge in [0.25, 0.3) is 5.91 Å². The standard InChI is InChI=1S/C27H31N5O7S/c1-14-21(24-29-19-6-4-5-7-20(19)40-24)23(31-26(35)9-8-15(13-33)22(26)34)30-25(28-14)32-27(36,37)16-10-17(38-2)12-18(11-16)39-3/h4-7,10-12,15,22,33-37H,8-9,13H2,1-3H3,(H2,28,30,31,32). The second kappa shape index (κ2) is 10.8. The molecule has 1 aliphatic carbocycles. The Balaban J connectivity index is 1.58. The molecule has 0 radical (unpaired) electrons. The fraction of sp³-hybridized carbons (Fsp3) is 0.370. The van der Waals surface area contributed by atoms with Gasteiger partial charge in [0.15, 0.2) is 5.72 Å². The summed E-state index contributed by atoms with van der Waals surface area (Å²) in [6, 6.07) is 12.0. The number of nitrogens with one attached hydrogen (secondary N) is 2. The lowest BCUT2D eigenvalue weighted by Gasteiger charge is -2.31. The van der Waals surface area contributed by atoms with Gasteiger partial charge >= 0.3 is 0 Å². The molecule has 3 unspecified atom stereocenters. The van der Waals surface area contributed by atoms with Crippen molar-refractivity contribution in [1.82, 2.24) is 15.0 Å². The Hall–Kier alpha value is -3.59. The highest BCUT2D eigenvalue weighted by atomic mass is 32.1. The average molecular weight is 570 g/mol. The maximum absolute atomic E-state index is 11.3. The molecule has 3 atom stereocenters. The number of anilines is 2. The summed E-state index contributed by atoms with van der Waals surface area (Å²) in [6.07, 6.45) is -0.731. The van der Waals surface area contributed by atoms with Crippen LogP contribution in [0.3, 0.4) is 0 Å². The van der Waals surface area contributed by atoms with Crippen molar-refractivity contribution in [1.29, 1.82) is 0 Å². The number of aromatic nitrogens is 3. The van der Waals surface area contributed by atoms with E-state index < -0.39 is 23.7 Å². The molecule has 1 saturated carbocycles. The first-order valence-electron chi connectivity index (χ1n) is 12.6. The number of ether oxygens (including phenoxy) is 2. The van der Waals surface area contributed by atoms with Gasteiger partial charge in [-0.3, -0.25) is 5.32 Å². The minimum Gasteiger partial charge on any atom is -0.497 e. The number of fused-ring (bicyclic) bond motifs is 1. The van der Waals surface area contributed by atoms with Gasteiger partial charge < -0.3 is 40.3 Å². The molecule has 1 aliphatic rings. The van der Waals surface area contributed by atoms with E-state index in [1.807, 2.05) is 24.3 Å².